The van der Waals surface area contributed by atoms with Crippen LogP contribution in [0.2, 0.25) is 0 Å². The molecule has 0 bridgehead atoms. The van der Waals surface area contributed by atoms with Crippen molar-refractivity contribution < 1.29 is 33.4 Å². The van der Waals surface area contributed by atoms with Crippen LogP contribution in [0.1, 0.15) is 55.1 Å². The van der Waals surface area contributed by atoms with E-state index in [0.29, 0.717) is 16.9 Å². The number of piperidine rings is 1. The second kappa shape index (κ2) is 10.1. The van der Waals surface area contributed by atoms with Gasteiger partial charge in [0.05, 0.1) is 18.9 Å². The summed E-state index contributed by atoms with van der Waals surface area (Å²) in [7, 11) is 1.48. The number of nitrogens with zero attached hydrogens (tertiary/aromatic N) is 1. The van der Waals surface area contributed by atoms with Gasteiger partial charge < -0.3 is 19.5 Å². The van der Waals surface area contributed by atoms with E-state index in [0.717, 1.165) is 0 Å². The van der Waals surface area contributed by atoms with Gasteiger partial charge >= 0.3 is 12.1 Å². The Morgan fingerprint density at radius 1 is 1.11 bits per heavy atom. The molecule has 0 aromatic heterocycles. The Balaban J connectivity index is 2.18. The van der Waals surface area contributed by atoms with Gasteiger partial charge in [-0.1, -0.05) is 24.3 Å². The number of rotatable bonds is 5. The molecule has 0 unspecified atom stereocenters. The molecule has 1 amide bonds. The van der Waals surface area contributed by atoms with Crippen LogP contribution >= 0.6 is 0 Å². The van der Waals surface area contributed by atoms with Crippen LogP contribution in [0.4, 0.5) is 9.18 Å². The molecule has 0 aliphatic carbocycles. The summed E-state index contributed by atoms with van der Waals surface area (Å²) in [6.45, 7) is 8.24. The molecule has 1 fully saturated rings. The monoisotopic (exact) mass is 485 g/mol. The van der Waals surface area contributed by atoms with Gasteiger partial charge in [0, 0.05) is 24.1 Å². The van der Waals surface area contributed by atoms with Crippen LogP contribution in [0, 0.1) is 24.6 Å². The molecule has 3 rings (SSSR count). The average molecular weight is 486 g/mol. The van der Waals surface area contributed by atoms with E-state index in [1.54, 1.807) is 65.0 Å². The van der Waals surface area contributed by atoms with Crippen molar-refractivity contribution in [3.8, 4) is 5.75 Å². The van der Waals surface area contributed by atoms with Gasteiger partial charge in [0.15, 0.2) is 5.78 Å². The number of hydrogen-bond donors (Lipinski definition) is 1. The molecule has 2 aromatic rings. The zero-order valence-corrected chi connectivity index (χ0v) is 20.9. The molecule has 0 spiro atoms. The Morgan fingerprint density at radius 2 is 1.77 bits per heavy atom. The number of benzene rings is 2. The number of likely N-dealkylation sites (tertiary alicyclic amines) is 1. The van der Waals surface area contributed by atoms with E-state index in [9.17, 15) is 23.9 Å². The maximum absolute atomic E-state index is 14.6. The van der Waals surface area contributed by atoms with Crippen LogP contribution < -0.4 is 4.74 Å². The summed E-state index contributed by atoms with van der Waals surface area (Å²) in [5.74, 6) is -4.54. The Kier molecular flexibility index (Phi) is 7.53. The third-order valence-corrected chi connectivity index (χ3v) is 6.50. The maximum Gasteiger partial charge on any atom is 0.410 e. The van der Waals surface area contributed by atoms with Gasteiger partial charge in [0.25, 0.3) is 0 Å². The summed E-state index contributed by atoms with van der Waals surface area (Å²) in [6.07, 6.45) is -0.700. The molecule has 188 valence electrons. The average Bonchev–Trinajstić information content (AvgIpc) is 2.78. The second-order valence-corrected chi connectivity index (χ2v) is 9.92. The van der Waals surface area contributed by atoms with E-state index in [1.807, 2.05) is 0 Å². The highest BCUT2D eigenvalue weighted by atomic mass is 19.1. The Hall–Kier alpha value is -3.42. The predicted molar refractivity (Wildman–Crippen MR) is 128 cm³/mol. The van der Waals surface area contributed by atoms with Gasteiger partial charge in [-0.25, -0.2) is 9.18 Å². The van der Waals surface area contributed by atoms with Crippen LogP contribution in [0.15, 0.2) is 42.5 Å². The highest BCUT2D eigenvalue weighted by Gasteiger charge is 2.51. The first kappa shape index (κ1) is 26.2. The molecule has 7 nitrogen and oxygen atoms in total. The van der Waals surface area contributed by atoms with Gasteiger partial charge in [-0.15, -0.1) is 0 Å². The number of halogens is 1. The summed E-state index contributed by atoms with van der Waals surface area (Å²) >= 11 is 0. The lowest BCUT2D eigenvalue weighted by Gasteiger charge is -2.46. The number of hydrogen-bond acceptors (Lipinski definition) is 5. The van der Waals surface area contributed by atoms with Crippen LogP contribution in [-0.4, -0.2) is 53.1 Å². The number of Topliss-reactive ketones (excluding diaryl/α,β-unsaturated/α-hetero) is 1. The van der Waals surface area contributed by atoms with Gasteiger partial charge in [0.1, 0.15) is 17.2 Å². The zero-order chi connectivity index (χ0) is 26.1. The first-order valence-electron chi connectivity index (χ1n) is 11.5. The molecular weight excluding hydrogens is 453 g/mol. The fourth-order valence-corrected chi connectivity index (χ4v) is 4.78. The topological polar surface area (TPSA) is 93.1 Å². The Labute approximate surface area is 204 Å². The number of ketones is 1. The molecule has 1 aliphatic rings. The summed E-state index contributed by atoms with van der Waals surface area (Å²) in [4.78, 5) is 40.8. The highest BCUT2D eigenvalue weighted by molar-refractivity contribution is 6.00. The molecule has 1 heterocycles. The number of carboxylic acids is 1. The molecule has 1 saturated heterocycles. The SMILES string of the molecule is COc1cccc(C(=O)[C@H]2[C@@H](c3cccc(F)c3C)[C@@H](C(=O)O)CN(C(=O)OC(C)(C)C)[C@@H]2C)c1. The molecule has 0 saturated carbocycles. The lowest BCUT2D eigenvalue weighted by atomic mass is 9.67. The Bertz CT molecular complexity index is 1120. The molecule has 4 atom stereocenters. The number of aliphatic carboxylic acids is 1. The van der Waals surface area contributed by atoms with Crippen molar-refractivity contribution in [1.82, 2.24) is 4.90 Å². The summed E-state index contributed by atoms with van der Waals surface area (Å²) in [5, 5.41) is 10.2. The highest BCUT2D eigenvalue weighted by Crippen LogP contribution is 2.44. The maximum atomic E-state index is 14.6. The summed E-state index contributed by atoms with van der Waals surface area (Å²) in [6, 6.07) is 10.3. The number of amides is 1. The lowest BCUT2D eigenvalue weighted by molar-refractivity contribution is -0.145. The first-order valence-corrected chi connectivity index (χ1v) is 11.5. The fourth-order valence-electron chi connectivity index (χ4n) is 4.78. The summed E-state index contributed by atoms with van der Waals surface area (Å²) in [5.41, 5.74) is 0.229. The number of methoxy groups -OCH3 is 1. The van der Waals surface area contributed by atoms with Crippen molar-refractivity contribution in [2.24, 2.45) is 11.8 Å². The van der Waals surface area contributed by atoms with Gasteiger partial charge in [0.2, 0.25) is 0 Å². The first-order chi connectivity index (χ1) is 16.4. The minimum atomic E-state index is -1.18. The van der Waals surface area contributed by atoms with E-state index in [4.69, 9.17) is 9.47 Å². The van der Waals surface area contributed by atoms with Gasteiger partial charge in [-0.05, 0) is 63.9 Å². The van der Waals surface area contributed by atoms with E-state index in [-0.39, 0.29) is 17.9 Å². The lowest BCUT2D eigenvalue weighted by Crippen LogP contribution is -2.58. The van der Waals surface area contributed by atoms with Crippen molar-refractivity contribution in [2.75, 3.05) is 13.7 Å². The quantitative estimate of drug-likeness (QED) is 0.595. The number of ether oxygens (including phenoxy) is 2. The molecule has 8 heteroatoms. The second-order valence-electron chi connectivity index (χ2n) is 9.92. The third-order valence-electron chi connectivity index (χ3n) is 6.50. The molecule has 1 N–H and O–H groups in total. The zero-order valence-electron chi connectivity index (χ0n) is 20.9. The number of carbonyl (C=O) groups is 3. The van der Waals surface area contributed by atoms with E-state index < -0.39 is 47.3 Å². The molecular formula is C27H32FNO6. The van der Waals surface area contributed by atoms with Gasteiger partial charge in [-0.3, -0.25) is 9.59 Å². The van der Waals surface area contributed by atoms with Crippen LogP contribution in [0.3, 0.4) is 0 Å². The van der Waals surface area contributed by atoms with Crippen LogP contribution in [-0.2, 0) is 9.53 Å². The minimum Gasteiger partial charge on any atom is -0.497 e. The largest absolute Gasteiger partial charge is 0.497 e. The van der Waals surface area contributed by atoms with Gasteiger partial charge in [-0.2, -0.15) is 0 Å². The van der Waals surface area contributed by atoms with Crippen LogP contribution in [0.25, 0.3) is 0 Å². The van der Waals surface area contributed by atoms with E-state index in [2.05, 4.69) is 0 Å². The minimum absolute atomic E-state index is 0.173. The van der Waals surface area contributed by atoms with Crippen molar-refractivity contribution in [1.29, 1.82) is 0 Å². The Morgan fingerprint density at radius 3 is 2.37 bits per heavy atom. The predicted octanol–water partition coefficient (Wildman–Crippen LogP) is 5.07. The molecule has 0 radical (unpaired) electrons. The normalized spacial score (nSPS) is 22.4. The van der Waals surface area contributed by atoms with Crippen molar-refractivity contribution in [3.05, 3.63) is 65.0 Å². The summed E-state index contributed by atoms with van der Waals surface area (Å²) < 4.78 is 25.4. The standard InChI is InChI=1S/C27H32FNO6/c1-15-19(11-8-12-21(15)28)23-20(25(31)32)14-29(26(33)35-27(3,4)5)16(2)22(23)24(30)17-9-7-10-18(13-17)34-6/h7-13,16,20,22-23H,14H2,1-6H3,(H,31,32)/t16-,20+,22-,23+/m1/s1. The number of carboxylic acid groups (broad SMARTS) is 1. The van der Waals surface area contributed by atoms with Crippen molar-refractivity contribution in [2.45, 2.75) is 52.2 Å². The van der Waals surface area contributed by atoms with Crippen molar-refractivity contribution in [3.63, 3.8) is 0 Å². The molecule has 35 heavy (non-hydrogen) atoms. The number of carbonyl (C=O) groups excluding carboxylic acids is 2. The van der Waals surface area contributed by atoms with Crippen LogP contribution in [0.5, 0.6) is 5.75 Å². The van der Waals surface area contributed by atoms with Crippen molar-refractivity contribution >= 4 is 17.8 Å². The molecule has 1 aliphatic heterocycles. The smallest absolute Gasteiger partial charge is 0.410 e. The fraction of sp³-hybridized carbons (Fsp3) is 0.444. The van der Waals surface area contributed by atoms with E-state index >= 15 is 0 Å². The third kappa shape index (κ3) is 5.47. The molecule has 2 aromatic carbocycles. The van der Waals surface area contributed by atoms with E-state index in [1.165, 1.54) is 24.1 Å².